The lowest BCUT2D eigenvalue weighted by molar-refractivity contribution is -0.167. The lowest BCUT2D eigenvalue weighted by Crippen LogP contribution is -2.30. The topological polar surface area (TPSA) is 78.9 Å². The Hall–Kier alpha value is -3.67. The van der Waals surface area contributed by atoms with E-state index in [-0.39, 0.29) is 31.1 Å². The van der Waals surface area contributed by atoms with Gasteiger partial charge in [0, 0.05) is 19.3 Å². The van der Waals surface area contributed by atoms with Gasteiger partial charge in [0.2, 0.25) is 0 Å². The Morgan fingerprint density at radius 1 is 0.296 bits per heavy atom. The highest BCUT2D eigenvalue weighted by molar-refractivity contribution is 5.71. The molecule has 0 spiro atoms. The summed E-state index contributed by atoms with van der Waals surface area (Å²) in [4.78, 5) is 38.1. The largest absolute Gasteiger partial charge is 0.462 e. The molecule has 0 heterocycles. The molecule has 6 heteroatoms. The highest BCUT2D eigenvalue weighted by atomic mass is 16.6. The number of hydrogen-bond donors (Lipinski definition) is 0. The molecule has 0 N–H and O–H groups in total. The summed E-state index contributed by atoms with van der Waals surface area (Å²) in [5.41, 5.74) is 0. The van der Waals surface area contributed by atoms with E-state index in [0.29, 0.717) is 19.3 Å². The van der Waals surface area contributed by atoms with Gasteiger partial charge in [-0.05, 0) is 103 Å². The van der Waals surface area contributed by atoms with Crippen molar-refractivity contribution < 1.29 is 28.6 Å². The predicted molar refractivity (Wildman–Crippen MR) is 307 cm³/mol. The van der Waals surface area contributed by atoms with Crippen LogP contribution in [0.3, 0.4) is 0 Å². The predicted octanol–water partition coefficient (Wildman–Crippen LogP) is 20.1. The summed E-state index contributed by atoms with van der Waals surface area (Å²) >= 11 is 0. The van der Waals surface area contributed by atoms with E-state index < -0.39 is 6.10 Å². The fourth-order valence-corrected chi connectivity index (χ4v) is 8.12. The Morgan fingerprint density at radius 3 is 0.887 bits per heavy atom. The maximum Gasteiger partial charge on any atom is 0.306 e. The summed E-state index contributed by atoms with van der Waals surface area (Å²) in [6.45, 7) is 6.48. The van der Waals surface area contributed by atoms with Gasteiger partial charge in [-0.25, -0.2) is 0 Å². The standard InChI is InChI=1S/C65H110O6/c1-4-7-10-13-16-19-21-23-25-27-29-30-31-32-33-34-36-37-39-41-43-46-49-52-55-58-64(67)70-61-62(60-69-63(66)57-54-51-48-45-18-15-12-9-6-3)71-65(68)59-56-53-50-47-44-42-40-38-35-28-26-24-22-20-17-14-11-8-5-2/h7,10,16-17,19-20,23-26,29-30,32-33,36-37,62H,4-6,8-9,11-15,18,21-22,27-28,31,34-35,38-61H2,1-3H3/b10-7-,19-16-,20-17-,25-23-,26-24-,30-29-,33-32-,37-36-. The Morgan fingerprint density at radius 2 is 0.549 bits per heavy atom. The molecular weight excluding hydrogens is 877 g/mol. The molecule has 1 atom stereocenters. The number of hydrogen-bond acceptors (Lipinski definition) is 6. The molecule has 0 fully saturated rings. The molecule has 0 aliphatic heterocycles. The molecule has 0 bridgehead atoms. The minimum absolute atomic E-state index is 0.0827. The van der Waals surface area contributed by atoms with Crippen LogP contribution in [-0.2, 0) is 28.6 Å². The summed E-state index contributed by atoms with van der Waals surface area (Å²) in [7, 11) is 0. The molecule has 6 nitrogen and oxygen atoms in total. The van der Waals surface area contributed by atoms with Crippen LogP contribution in [0.4, 0.5) is 0 Å². The number of rotatable bonds is 53. The monoisotopic (exact) mass is 987 g/mol. The molecule has 406 valence electrons. The van der Waals surface area contributed by atoms with Crippen LogP contribution in [0.5, 0.6) is 0 Å². The second-order valence-electron chi connectivity index (χ2n) is 19.5. The summed E-state index contributed by atoms with van der Waals surface area (Å²) in [6, 6.07) is 0. The van der Waals surface area contributed by atoms with E-state index >= 15 is 0 Å². The minimum Gasteiger partial charge on any atom is -0.462 e. The van der Waals surface area contributed by atoms with Crippen molar-refractivity contribution in [2.75, 3.05) is 13.2 Å². The third-order valence-corrected chi connectivity index (χ3v) is 12.6. The first-order valence-electron chi connectivity index (χ1n) is 29.7. The van der Waals surface area contributed by atoms with Crippen molar-refractivity contribution in [3.05, 3.63) is 97.2 Å². The zero-order valence-corrected chi connectivity index (χ0v) is 46.5. The van der Waals surface area contributed by atoms with Gasteiger partial charge in [-0.1, -0.05) is 253 Å². The number of carbonyl (C=O) groups is 3. The number of esters is 3. The lowest BCUT2D eigenvalue weighted by atomic mass is 10.1. The average Bonchev–Trinajstić information content (AvgIpc) is 3.37. The van der Waals surface area contributed by atoms with Crippen LogP contribution in [0.25, 0.3) is 0 Å². The molecular formula is C65H110O6. The van der Waals surface area contributed by atoms with Crippen LogP contribution < -0.4 is 0 Å². The zero-order chi connectivity index (χ0) is 51.4. The van der Waals surface area contributed by atoms with Crippen LogP contribution in [0.15, 0.2) is 97.2 Å². The van der Waals surface area contributed by atoms with Gasteiger partial charge >= 0.3 is 17.9 Å². The van der Waals surface area contributed by atoms with Gasteiger partial charge in [0.25, 0.3) is 0 Å². The molecule has 0 radical (unpaired) electrons. The molecule has 0 aliphatic rings. The van der Waals surface area contributed by atoms with Crippen molar-refractivity contribution in [2.24, 2.45) is 0 Å². The molecule has 1 unspecified atom stereocenters. The number of unbranched alkanes of at least 4 members (excludes halogenated alkanes) is 26. The number of allylic oxidation sites excluding steroid dienone is 16. The maximum absolute atomic E-state index is 12.9. The van der Waals surface area contributed by atoms with Crippen molar-refractivity contribution in [2.45, 2.75) is 284 Å². The first-order chi connectivity index (χ1) is 35.0. The van der Waals surface area contributed by atoms with Crippen molar-refractivity contribution in [3.8, 4) is 0 Å². The van der Waals surface area contributed by atoms with Gasteiger partial charge in [0.1, 0.15) is 13.2 Å². The van der Waals surface area contributed by atoms with E-state index in [4.69, 9.17) is 14.2 Å². The smallest absolute Gasteiger partial charge is 0.306 e. The Bertz CT molecular complexity index is 1410. The zero-order valence-electron chi connectivity index (χ0n) is 46.5. The van der Waals surface area contributed by atoms with Gasteiger partial charge in [-0.2, -0.15) is 0 Å². The van der Waals surface area contributed by atoms with Crippen molar-refractivity contribution >= 4 is 17.9 Å². The van der Waals surface area contributed by atoms with E-state index in [2.05, 4.69) is 118 Å². The molecule has 0 aromatic rings. The fourth-order valence-electron chi connectivity index (χ4n) is 8.12. The molecule has 71 heavy (non-hydrogen) atoms. The van der Waals surface area contributed by atoms with Gasteiger partial charge < -0.3 is 14.2 Å². The number of carbonyl (C=O) groups excluding carboxylic acids is 3. The van der Waals surface area contributed by atoms with Crippen LogP contribution in [0.1, 0.15) is 278 Å². The highest BCUT2D eigenvalue weighted by Gasteiger charge is 2.19. The van der Waals surface area contributed by atoms with Gasteiger partial charge in [0.05, 0.1) is 0 Å². The van der Waals surface area contributed by atoms with Gasteiger partial charge in [-0.3, -0.25) is 14.4 Å². The van der Waals surface area contributed by atoms with E-state index in [9.17, 15) is 14.4 Å². The lowest BCUT2D eigenvalue weighted by Gasteiger charge is -2.18. The first kappa shape index (κ1) is 67.3. The normalized spacial score (nSPS) is 12.8. The third kappa shape index (κ3) is 57.1. The van der Waals surface area contributed by atoms with Gasteiger partial charge in [-0.15, -0.1) is 0 Å². The van der Waals surface area contributed by atoms with E-state index in [1.54, 1.807) is 0 Å². The SMILES string of the molecule is CC/C=C\C/C=C\C/C=C\C/C=C\C/C=C\C/C=C\CCCCCCCCC(=O)OCC(COC(=O)CCCCCCCCCCC)OC(=O)CCCCCCCCCCC/C=C\C/C=C\CCCCC. The second kappa shape index (κ2) is 58.9. The molecule has 0 amide bonds. The Kier molecular flexibility index (Phi) is 55.9. The summed E-state index contributed by atoms with van der Waals surface area (Å²) in [5, 5.41) is 0. The highest BCUT2D eigenvalue weighted by Crippen LogP contribution is 2.15. The molecule has 0 saturated carbocycles. The van der Waals surface area contributed by atoms with E-state index in [1.165, 1.54) is 122 Å². The summed E-state index contributed by atoms with van der Waals surface area (Å²) in [6.07, 6.45) is 78.3. The summed E-state index contributed by atoms with van der Waals surface area (Å²) < 4.78 is 16.8. The van der Waals surface area contributed by atoms with Crippen molar-refractivity contribution in [1.29, 1.82) is 0 Å². The molecule has 0 aromatic carbocycles. The van der Waals surface area contributed by atoms with Crippen LogP contribution in [0.2, 0.25) is 0 Å². The third-order valence-electron chi connectivity index (χ3n) is 12.6. The minimum atomic E-state index is -0.785. The van der Waals surface area contributed by atoms with E-state index in [0.717, 1.165) is 116 Å². The fraction of sp³-hybridized carbons (Fsp3) is 0.708. The first-order valence-corrected chi connectivity index (χ1v) is 29.7. The number of ether oxygens (including phenoxy) is 3. The quantitative estimate of drug-likeness (QED) is 0.0261. The van der Waals surface area contributed by atoms with Crippen molar-refractivity contribution in [1.82, 2.24) is 0 Å². The van der Waals surface area contributed by atoms with E-state index in [1.807, 2.05) is 0 Å². The van der Waals surface area contributed by atoms with Gasteiger partial charge in [0.15, 0.2) is 6.10 Å². The Balaban J connectivity index is 4.30. The average molecular weight is 988 g/mol. The van der Waals surface area contributed by atoms with Crippen LogP contribution in [-0.4, -0.2) is 37.2 Å². The second-order valence-corrected chi connectivity index (χ2v) is 19.5. The summed E-state index contributed by atoms with van der Waals surface area (Å²) in [5.74, 6) is -0.900. The molecule has 0 saturated heterocycles. The Labute approximate surface area is 438 Å². The van der Waals surface area contributed by atoms with Crippen LogP contribution >= 0.6 is 0 Å². The van der Waals surface area contributed by atoms with Crippen molar-refractivity contribution in [3.63, 3.8) is 0 Å². The molecule has 0 aliphatic carbocycles. The maximum atomic E-state index is 12.9. The van der Waals surface area contributed by atoms with Crippen LogP contribution in [0, 0.1) is 0 Å². The molecule has 0 aromatic heterocycles. The molecule has 0 rings (SSSR count).